The number of carbonyl (C=O) groups excluding carboxylic acids is 2. The summed E-state index contributed by atoms with van der Waals surface area (Å²) in [6, 6.07) is 2.95. The number of benzene rings is 1. The van der Waals surface area contributed by atoms with Gasteiger partial charge in [0.15, 0.2) is 24.0 Å². The first kappa shape index (κ1) is 28.3. The van der Waals surface area contributed by atoms with Crippen LogP contribution < -0.4 is 10.2 Å². The molecule has 39 heavy (non-hydrogen) atoms. The molecule has 3 N–H and O–H groups in total. The lowest BCUT2D eigenvalue weighted by Crippen LogP contribution is -2.63. The normalized spacial score (nSPS) is 41.3. The van der Waals surface area contributed by atoms with Gasteiger partial charge in [-0.25, -0.2) is 9.18 Å². The molecule has 1 aliphatic heterocycles. The van der Waals surface area contributed by atoms with Gasteiger partial charge in [0.25, 0.3) is 0 Å². The number of ketones is 1. The fourth-order valence-electron chi connectivity index (χ4n) is 8.18. The molecule has 2 bridgehead atoms. The number of aliphatic hydroxyl groups is 2. The zero-order chi connectivity index (χ0) is 28.5. The van der Waals surface area contributed by atoms with E-state index >= 15 is 0 Å². The summed E-state index contributed by atoms with van der Waals surface area (Å²) < 4.78 is 31.6. The minimum Gasteiger partial charge on any atom is -0.479 e. The van der Waals surface area contributed by atoms with E-state index in [0.717, 1.165) is 6.42 Å². The Hall–Kier alpha value is -2.27. The highest BCUT2D eigenvalue weighted by atomic mass is 19.1. The van der Waals surface area contributed by atoms with Gasteiger partial charge in [-0.1, -0.05) is 39.8 Å². The molecule has 4 aliphatic rings. The van der Waals surface area contributed by atoms with Gasteiger partial charge >= 0.3 is 13.1 Å². The van der Waals surface area contributed by atoms with Crippen LogP contribution in [0.1, 0.15) is 58.9 Å². The number of carbonyl (C=O) groups is 2. The predicted octanol–water partition coefficient (Wildman–Crippen LogP) is 2.30. The van der Waals surface area contributed by atoms with Crippen LogP contribution in [0.5, 0.6) is 5.75 Å². The molecule has 0 unspecified atom stereocenters. The lowest BCUT2D eigenvalue weighted by atomic mass is 9.44. The Balaban J connectivity index is 1.46. The quantitative estimate of drug-likeness (QED) is 0.293. The van der Waals surface area contributed by atoms with Crippen molar-refractivity contribution in [2.24, 2.45) is 34.0 Å². The number of halogens is 1. The number of aliphatic hydroxyl groups excluding tert-OH is 2. The maximum absolute atomic E-state index is 14.9. The van der Waals surface area contributed by atoms with Crippen molar-refractivity contribution < 1.29 is 43.3 Å². The number of ether oxygens (including phenoxy) is 2. The molecule has 1 heterocycles. The number of rotatable bonds is 5. The topological polar surface area (TPSA) is 123 Å². The molecule has 0 aromatic heterocycles. The fourth-order valence-corrected chi connectivity index (χ4v) is 8.18. The minimum absolute atomic E-state index is 0.0103. The van der Waals surface area contributed by atoms with Gasteiger partial charge in [-0.15, -0.1) is 6.58 Å². The predicted molar refractivity (Wildman–Crippen MR) is 140 cm³/mol. The minimum atomic E-state index is -1.40. The molecule has 9 atom stereocenters. The Bertz CT molecular complexity index is 1190. The van der Waals surface area contributed by atoms with Gasteiger partial charge in [0, 0.05) is 22.2 Å². The first-order chi connectivity index (χ1) is 18.3. The lowest BCUT2D eigenvalue weighted by Gasteiger charge is -2.61. The summed E-state index contributed by atoms with van der Waals surface area (Å²) in [7, 11) is -1.40. The van der Waals surface area contributed by atoms with Crippen LogP contribution in [-0.2, 0) is 25.6 Å². The third-order valence-electron chi connectivity index (χ3n) is 10.8. The van der Waals surface area contributed by atoms with Gasteiger partial charge in [0.1, 0.15) is 12.2 Å². The molecule has 10 heteroatoms. The van der Waals surface area contributed by atoms with E-state index in [1.807, 2.05) is 27.7 Å². The summed E-state index contributed by atoms with van der Waals surface area (Å²) in [6.07, 6.45) is 0.802. The molecule has 3 fully saturated rings. The summed E-state index contributed by atoms with van der Waals surface area (Å²) in [4.78, 5) is 26.8. The molecule has 1 aromatic rings. The standard InChI is InChI=1S/C29H38BFO8/c1-6-27(4)12-20(39-21(33)14-37-19-8-7-17-13-38-30(36)22(17)23(19)31)28(5)15(2)9-10-29(16(3)26(27)35)11-18(32)24(34)25(28)29/h6-8,15-16,18,20,25-26,32,35-36H,1,9-14H2,2-5H3/t15-,16-,18-,20+,25-,26-,27+,28-,29-/m0/s1. The molecule has 0 spiro atoms. The van der Waals surface area contributed by atoms with Crippen molar-refractivity contribution in [1.29, 1.82) is 0 Å². The molecular formula is C29H38BFO8. The van der Waals surface area contributed by atoms with Crippen LogP contribution in [0, 0.1) is 39.8 Å². The van der Waals surface area contributed by atoms with Crippen LogP contribution in [0.15, 0.2) is 24.8 Å². The Morgan fingerprint density at radius 1 is 1.28 bits per heavy atom. The van der Waals surface area contributed by atoms with E-state index in [-0.39, 0.29) is 48.3 Å². The van der Waals surface area contributed by atoms with Gasteiger partial charge < -0.3 is 29.4 Å². The maximum Gasteiger partial charge on any atom is 0.494 e. The van der Waals surface area contributed by atoms with E-state index in [1.165, 1.54) is 6.07 Å². The molecule has 0 radical (unpaired) electrons. The number of hydrogen-bond acceptors (Lipinski definition) is 8. The van der Waals surface area contributed by atoms with E-state index in [0.29, 0.717) is 12.0 Å². The van der Waals surface area contributed by atoms with Crippen molar-refractivity contribution in [2.45, 2.75) is 78.3 Å². The van der Waals surface area contributed by atoms with Crippen molar-refractivity contribution in [2.75, 3.05) is 6.61 Å². The first-order valence-corrected chi connectivity index (χ1v) is 13.8. The van der Waals surface area contributed by atoms with Crippen molar-refractivity contribution >= 4 is 24.3 Å². The molecule has 1 aromatic carbocycles. The highest BCUT2D eigenvalue weighted by molar-refractivity contribution is 6.61. The maximum atomic E-state index is 14.9. The molecule has 212 valence electrons. The van der Waals surface area contributed by atoms with Crippen LogP contribution >= 0.6 is 0 Å². The van der Waals surface area contributed by atoms with E-state index in [2.05, 4.69) is 6.58 Å². The zero-order valence-corrected chi connectivity index (χ0v) is 23.0. The van der Waals surface area contributed by atoms with Crippen molar-refractivity contribution in [3.05, 3.63) is 36.2 Å². The van der Waals surface area contributed by atoms with Gasteiger partial charge in [-0.05, 0) is 54.6 Å². The monoisotopic (exact) mass is 544 g/mol. The Labute approximate surface area is 228 Å². The Morgan fingerprint density at radius 3 is 2.69 bits per heavy atom. The van der Waals surface area contributed by atoms with Crippen LogP contribution in [0.3, 0.4) is 0 Å². The molecule has 3 saturated carbocycles. The number of hydrogen-bond donors (Lipinski definition) is 3. The van der Waals surface area contributed by atoms with Crippen molar-refractivity contribution in [3.8, 4) is 5.75 Å². The third-order valence-corrected chi connectivity index (χ3v) is 10.8. The highest BCUT2D eigenvalue weighted by Gasteiger charge is 2.70. The summed E-state index contributed by atoms with van der Waals surface area (Å²) >= 11 is 0. The summed E-state index contributed by atoms with van der Waals surface area (Å²) in [5, 5.41) is 32.3. The molecule has 0 amide bonds. The van der Waals surface area contributed by atoms with E-state index < -0.39 is 66.0 Å². The van der Waals surface area contributed by atoms with Gasteiger partial charge in [-0.2, -0.15) is 0 Å². The van der Waals surface area contributed by atoms with Crippen LogP contribution in [0.4, 0.5) is 4.39 Å². The van der Waals surface area contributed by atoms with E-state index in [9.17, 15) is 29.2 Å². The second kappa shape index (κ2) is 9.68. The molecular weight excluding hydrogens is 506 g/mol. The lowest BCUT2D eigenvalue weighted by molar-refractivity contribution is -0.207. The molecule has 0 saturated heterocycles. The summed E-state index contributed by atoms with van der Waals surface area (Å²) in [5.41, 5.74) is -1.79. The number of esters is 1. The summed E-state index contributed by atoms with van der Waals surface area (Å²) in [6.45, 7) is 11.3. The largest absolute Gasteiger partial charge is 0.494 e. The fraction of sp³-hybridized carbons (Fsp3) is 0.655. The molecule has 5 rings (SSSR count). The number of Topliss-reactive ketones (excluding diaryl/α,β-unsaturated/α-hetero) is 1. The van der Waals surface area contributed by atoms with E-state index in [1.54, 1.807) is 12.1 Å². The van der Waals surface area contributed by atoms with Gasteiger partial charge in [0.2, 0.25) is 0 Å². The molecule has 8 nitrogen and oxygen atoms in total. The van der Waals surface area contributed by atoms with Crippen LogP contribution in [-0.4, -0.2) is 59.0 Å². The van der Waals surface area contributed by atoms with Gasteiger partial charge in [0.05, 0.1) is 12.7 Å². The smallest absolute Gasteiger partial charge is 0.479 e. The average molecular weight is 544 g/mol. The second-order valence-corrected chi connectivity index (χ2v) is 12.6. The first-order valence-electron chi connectivity index (χ1n) is 13.8. The average Bonchev–Trinajstić information content (AvgIpc) is 3.41. The van der Waals surface area contributed by atoms with E-state index in [4.69, 9.17) is 14.1 Å². The second-order valence-electron chi connectivity index (χ2n) is 12.6. The Morgan fingerprint density at radius 2 is 2.00 bits per heavy atom. The Kier molecular flexibility index (Phi) is 7.02. The van der Waals surface area contributed by atoms with Crippen LogP contribution in [0.2, 0.25) is 0 Å². The highest BCUT2D eigenvalue weighted by Crippen LogP contribution is 2.68. The van der Waals surface area contributed by atoms with Crippen LogP contribution in [0.25, 0.3) is 0 Å². The van der Waals surface area contributed by atoms with Crippen molar-refractivity contribution in [1.82, 2.24) is 0 Å². The molecule has 3 aliphatic carbocycles. The zero-order valence-electron chi connectivity index (χ0n) is 23.0. The van der Waals surface area contributed by atoms with Gasteiger partial charge in [-0.3, -0.25) is 4.79 Å². The summed E-state index contributed by atoms with van der Waals surface area (Å²) in [5.74, 6) is -2.92. The third kappa shape index (κ3) is 4.09. The number of fused-ring (bicyclic) bond motifs is 1. The SMILES string of the molecule is C=C[C@]1(C)C[C@@H](OC(=O)COc2ccc3c(c2F)B(O)OC3)[C@@]2(C)[C@@H]3C(=O)[C@@H](O)C[C@@]3(CC[C@@H]2C)[C@@H](C)[C@@H]1O. The van der Waals surface area contributed by atoms with Crippen molar-refractivity contribution in [3.63, 3.8) is 0 Å².